The third kappa shape index (κ3) is 3.74. The summed E-state index contributed by atoms with van der Waals surface area (Å²) in [6.45, 7) is 5.63. The molecule has 1 saturated heterocycles. The van der Waals surface area contributed by atoms with Gasteiger partial charge in [-0.1, -0.05) is 6.92 Å². The Morgan fingerprint density at radius 1 is 1.53 bits per heavy atom. The molecule has 0 spiro atoms. The summed E-state index contributed by atoms with van der Waals surface area (Å²) >= 11 is 0. The molecule has 0 aromatic rings. The number of hydrogen-bond donors (Lipinski definition) is 2. The molecule has 0 aromatic carbocycles. The summed E-state index contributed by atoms with van der Waals surface area (Å²) in [4.78, 5) is 2.45. The molecule has 0 saturated carbocycles. The average molecular weight is 213 g/mol. The second-order valence-electron chi connectivity index (χ2n) is 5.03. The van der Waals surface area contributed by atoms with Crippen LogP contribution in [0.4, 0.5) is 0 Å². The first-order chi connectivity index (χ1) is 7.19. The molecule has 90 valence electrons. The van der Waals surface area contributed by atoms with Gasteiger partial charge in [-0.05, 0) is 58.3 Å². The first-order valence-corrected chi connectivity index (χ1v) is 6.25. The lowest BCUT2D eigenvalue weighted by Gasteiger charge is -2.37. The first kappa shape index (κ1) is 12.9. The van der Waals surface area contributed by atoms with E-state index in [1.165, 1.54) is 25.9 Å². The van der Waals surface area contributed by atoms with Gasteiger partial charge in [0, 0.05) is 12.6 Å². The molecule has 0 amide bonds. The molecule has 3 atom stereocenters. The van der Waals surface area contributed by atoms with Crippen molar-refractivity contribution in [3.05, 3.63) is 0 Å². The Labute approximate surface area is 94.4 Å². The maximum atomic E-state index is 5.64. The van der Waals surface area contributed by atoms with Gasteiger partial charge >= 0.3 is 0 Å². The van der Waals surface area contributed by atoms with Crippen molar-refractivity contribution in [2.45, 2.75) is 32.2 Å². The molecule has 3 heteroatoms. The van der Waals surface area contributed by atoms with E-state index in [4.69, 9.17) is 5.73 Å². The van der Waals surface area contributed by atoms with Crippen molar-refractivity contribution >= 4 is 0 Å². The number of likely N-dealkylation sites (tertiary alicyclic amines) is 1. The van der Waals surface area contributed by atoms with E-state index in [1.807, 2.05) is 0 Å². The molecule has 1 heterocycles. The molecule has 3 unspecified atom stereocenters. The lowest BCUT2D eigenvalue weighted by molar-refractivity contribution is 0.150. The summed E-state index contributed by atoms with van der Waals surface area (Å²) in [5.41, 5.74) is 5.64. The Bertz CT molecular complexity index is 172. The SMILES string of the molecule is CNC(C(C)CCN)C1CCCN(C)C1. The molecule has 3 N–H and O–H groups in total. The fraction of sp³-hybridized carbons (Fsp3) is 1.00. The molecular weight excluding hydrogens is 186 g/mol. The van der Waals surface area contributed by atoms with Gasteiger partial charge in [0.15, 0.2) is 0 Å². The highest BCUT2D eigenvalue weighted by atomic mass is 15.1. The fourth-order valence-corrected chi connectivity index (χ4v) is 2.93. The molecule has 0 aliphatic carbocycles. The Hall–Kier alpha value is -0.120. The molecule has 0 aromatic heterocycles. The van der Waals surface area contributed by atoms with E-state index >= 15 is 0 Å². The molecule has 0 bridgehead atoms. The minimum Gasteiger partial charge on any atom is -0.330 e. The Morgan fingerprint density at radius 2 is 2.27 bits per heavy atom. The zero-order valence-corrected chi connectivity index (χ0v) is 10.5. The molecule has 15 heavy (non-hydrogen) atoms. The molecule has 1 aliphatic rings. The van der Waals surface area contributed by atoms with Crippen molar-refractivity contribution < 1.29 is 0 Å². The van der Waals surface area contributed by atoms with Crippen LogP contribution in [0.5, 0.6) is 0 Å². The lowest BCUT2D eigenvalue weighted by atomic mass is 9.82. The molecule has 3 nitrogen and oxygen atoms in total. The fourth-order valence-electron chi connectivity index (χ4n) is 2.93. The van der Waals surface area contributed by atoms with Crippen molar-refractivity contribution in [2.24, 2.45) is 17.6 Å². The Morgan fingerprint density at radius 3 is 2.80 bits per heavy atom. The summed E-state index contributed by atoms with van der Waals surface area (Å²) < 4.78 is 0. The van der Waals surface area contributed by atoms with Crippen LogP contribution < -0.4 is 11.1 Å². The predicted octanol–water partition coefficient (Wildman–Crippen LogP) is 0.901. The number of nitrogens with two attached hydrogens (primary N) is 1. The van der Waals surface area contributed by atoms with Crippen LogP contribution in [0.25, 0.3) is 0 Å². The number of nitrogens with one attached hydrogen (secondary N) is 1. The monoisotopic (exact) mass is 213 g/mol. The number of hydrogen-bond acceptors (Lipinski definition) is 3. The minimum atomic E-state index is 0.635. The Balaban J connectivity index is 2.48. The Kier molecular flexibility index (Phi) is 5.58. The molecule has 1 aliphatic heterocycles. The summed E-state index contributed by atoms with van der Waals surface area (Å²) in [7, 11) is 4.32. The van der Waals surface area contributed by atoms with Crippen molar-refractivity contribution in [1.29, 1.82) is 0 Å². The highest BCUT2D eigenvalue weighted by Crippen LogP contribution is 2.24. The quantitative estimate of drug-likeness (QED) is 0.713. The minimum absolute atomic E-state index is 0.635. The summed E-state index contributed by atoms with van der Waals surface area (Å²) in [6, 6.07) is 0.635. The molecule has 1 rings (SSSR count). The van der Waals surface area contributed by atoms with Gasteiger partial charge in [0.25, 0.3) is 0 Å². The lowest BCUT2D eigenvalue weighted by Crippen LogP contribution is -2.46. The second kappa shape index (κ2) is 6.46. The van der Waals surface area contributed by atoms with Gasteiger partial charge in [-0.25, -0.2) is 0 Å². The second-order valence-corrected chi connectivity index (χ2v) is 5.03. The van der Waals surface area contributed by atoms with E-state index in [0.717, 1.165) is 18.9 Å². The van der Waals surface area contributed by atoms with Gasteiger partial charge < -0.3 is 16.0 Å². The van der Waals surface area contributed by atoms with Crippen LogP contribution in [-0.4, -0.2) is 44.7 Å². The molecule has 0 radical (unpaired) electrons. The normalized spacial score (nSPS) is 27.6. The van der Waals surface area contributed by atoms with E-state index in [-0.39, 0.29) is 0 Å². The summed E-state index contributed by atoms with van der Waals surface area (Å²) in [6.07, 6.45) is 3.84. The summed E-state index contributed by atoms with van der Waals surface area (Å²) in [5, 5.41) is 3.49. The third-order valence-electron chi connectivity index (χ3n) is 3.74. The summed E-state index contributed by atoms with van der Waals surface area (Å²) in [5.74, 6) is 1.49. The van der Waals surface area contributed by atoms with Crippen LogP contribution in [0.3, 0.4) is 0 Å². The van der Waals surface area contributed by atoms with Gasteiger partial charge in [-0.15, -0.1) is 0 Å². The van der Waals surface area contributed by atoms with Crippen LogP contribution in [0.1, 0.15) is 26.2 Å². The third-order valence-corrected chi connectivity index (χ3v) is 3.74. The van der Waals surface area contributed by atoms with Crippen LogP contribution in [0, 0.1) is 11.8 Å². The van der Waals surface area contributed by atoms with Gasteiger partial charge in [-0.3, -0.25) is 0 Å². The highest BCUT2D eigenvalue weighted by Gasteiger charge is 2.28. The van der Waals surface area contributed by atoms with Gasteiger partial charge in [0.2, 0.25) is 0 Å². The van der Waals surface area contributed by atoms with E-state index in [1.54, 1.807) is 0 Å². The van der Waals surface area contributed by atoms with Crippen LogP contribution in [-0.2, 0) is 0 Å². The van der Waals surface area contributed by atoms with Crippen molar-refractivity contribution in [3.63, 3.8) is 0 Å². The zero-order chi connectivity index (χ0) is 11.3. The molecular formula is C12H27N3. The van der Waals surface area contributed by atoms with Crippen LogP contribution in [0.2, 0.25) is 0 Å². The van der Waals surface area contributed by atoms with Gasteiger partial charge in [0.1, 0.15) is 0 Å². The van der Waals surface area contributed by atoms with Gasteiger partial charge in [-0.2, -0.15) is 0 Å². The van der Waals surface area contributed by atoms with Gasteiger partial charge in [0.05, 0.1) is 0 Å². The van der Waals surface area contributed by atoms with Crippen molar-refractivity contribution in [1.82, 2.24) is 10.2 Å². The maximum absolute atomic E-state index is 5.64. The van der Waals surface area contributed by atoms with E-state index in [2.05, 4.69) is 31.2 Å². The predicted molar refractivity (Wildman–Crippen MR) is 65.9 cm³/mol. The average Bonchev–Trinajstić information content (AvgIpc) is 2.19. The number of piperidine rings is 1. The van der Waals surface area contributed by atoms with Crippen molar-refractivity contribution in [3.8, 4) is 0 Å². The largest absolute Gasteiger partial charge is 0.330 e. The van der Waals surface area contributed by atoms with Crippen LogP contribution >= 0.6 is 0 Å². The highest BCUT2D eigenvalue weighted by molar-refractivity contribution is 4.84. The first-order valence-electron chi connectivity index (χ1n) is 6.25. The molecule has 1 fully saturated rings. The van der Waals surface area contributed by atoms with E-state index in [9.17, 15) is 0 Å². The number of nitrogens with zero attached hydrogens (tertiary/aromatic N) is 1. The number of rotatable bonds is 5. The van der Waals surface area contributed by atoms with Crippen molar-refractivity contribution in [2.75, 3.05) is 33.7 Å². The maximum Gasteiger partial charge on any atom is 0.0131 e. The standard InChI is InChI=1S/C12H27N3/c1-10(6-7-13)12(14-2)11-5-4-8-15(3)9-11/h10-12,14H,4-9,13H2,1-3H3. The smallest absolute Gasteiger partial charge is 0.0131 e. The van der Waals surface area contributed by atoms with E-state index < -0.39 is 0 Å². The van der Waals surface area contributed by atoms with Crippen LogP contribution in [0.15, 0.2) is 0 Å². The topological polar surface area (TPSA) is 41.3 Å². The zero-order valence-electron chi connectivity index (χ0n) is 10.5. The van der Waals surface area contributed by atoms with E-state index in [0.29, 0.717) is 12.0 Å².